The largest absolute Gasteiger partial charge is 0.381 e. The second-order valence-corrected chi connectivity index (χ2v) is 6.80. The van der Waals surface area contributed by atoms with Gasteiger partial charge < -0.3 is 10.1 Å². The molecule has 1 N–H and O–H groups in total. The fraction of sp³-hybridized carbons (Fsp3) is 0.667. The number of hydrogen-bond donors (Lipinski definition) is 1. The monoisotopic (exact) mass is 384 g/mol. The Kier molecular flexibility index (Phi) is 10.9. The van der Waals surface area contributed by atoms with Crippen LogP contribution in [0.1, 0.15) is 51.5 Å². The molecule has 1 aromatic heterocycles. The Balaban J connectivity index is 2.07. The van der Waals surface area contributed by atoms with Gasteiger partial charge in [0.2, 0.25) is 5.91 Å². The standard InChI is InChI=1S/C18H29BrN2O2/c1-3-5-7-15(4-2)14-23-9-6-8-21-18(22)11-16-10-17(19)13-20-12-16/h10,12-13,15H,3-9,11,14H2,1-2H3,(H,21,22). The highest BCUT2D eigenvalue weighted by Gasteiger charge is 2.06. The Morgan fingerprint density at radius 3 is 2.87 bits per heavy atom. The zero-order valence-corrected chi connectivity index (χ0v) is 15.9. The molecule has 1 aromatic rings. The topological polar surface area (TPSA) is 51.2 Å². The smallest absolute Gasteiger partial charge is 0.224 e. The van der Waals surface area contributed by atoms with Crippen LogP contribution in [0, 0.1) is 5.92 Å². The van der Waals surface area contributed by atoms with E-state index in [-0.39, 0.29) is 5.91 Å². The van der Waals surface area contributed by atoms with Crippen molar-refractivity contribution in [2.75, 3.05) is 19.8 Å². The number of rotatable bonds is 12. The molecule has 1 unspecified atom stereocenters. The van der Waals surface area contributed by atoms with Crippen LogP contribution in [0.3, 0.4) is 0 Å². The van der Waals surface area contributed by atoms with Crippen molar-refractivity contribution in [2.45, 2.75) is 52.4 Å². The van der Waals surface area contributed by atoms with Crippen LogP contribution in [0.5, 0.6) is 0 Å². The number of pyridine rings is 1. The maximum absolute atomic E-state index is 11.8. The Labute approximate surface area is 148 Å². The second kappa shape index (κ2) is 12.5. The molecule has 0 spiro atoms. The van der Waals surface area contributed by atoms with E-state index in [9.17, 15) is 4.79 Å². The minimum Gasteiger partial charge on any atom is -0.381 e. The first kappa shape index (κ1) is 20.1. The molecule has 0 aromatic carbocycles. The number of halogens is 1. The van der Waals surface area contributed by atoms with Crippen molar-refractivity contribution >= 4 is 21.8 Å². The fourth-order valence-electron chi connectivity index (χ4n) is 2.35. The van der Waals surface area contributed by atoms with Gasteiger partial charge >= 0.3 is 0 Å². The van der Waals surface area contributed by atoms with E-state index >= 15 is 0 Å². The highest BCUT2D eigenvalue weighted by molar-refractivity contribution is 9.10. The summed E-state index contributed by atoms with van der Waals surface area (Å²) in [6, 6.07) is 1.91. The number of carbonyl (C=O) groups is 1. The van der Waals surface area contributed by atoms with Crippen LogP contribution in [0.25, 0.3) is 0 Å². The van der Waals surface area contributed by atoms with Crippen molar-refractivity contribution in [2.24, 2.45) is 5.92 Å². The molecule has 0 aliphatic heterocycles. The van der Waals surface area contributed by atoms with Gasteiger partial charge in [0.15, 0.2) is 0 Å². The lowest BCUT2D eigenvalue weighted by molar-refractivity contribution is -0.120. The van der Waals surface area contributed by atoms with Crippen LogP contribution < -0.4 is 5.32 Å². The van der Waals surface area contributed by atoms with E-state index in [1.165, 1.54) is 25.7 Å². The van der Waals surface area contributed by atoms with E-state index in [1.807, 2.05) is 6.07 Å². The molecule has 0 fully saturated rings. The van der Waals surface area contributed by atoms with E-state index in [2.05, 4.69) is 40.1 Å². The Bertz CT molecular complexity index is 454. The van der Waals surface area contributed by atoms with E-state index in [0.29, 0.717) is 25.5 Å². The molecular weight excluding hydrogens is 356 g/mol. The Morgan fingerprint density at radius 1 is 1.35 bits per heavy atom. The highest BCUT2D eigenvalue weighted by Crippen LogP contribution is 2.13. The van der Waals surface area contributed by atoms with Crippen LogP contribution in [-0.2, 0) is 16.0 Å². The molecule has 1 rings (SSSR count). The van der Waals surface area contributed by atoms with E-state index < -0.39 is 0 Å². The van der Waals surface area contributed by atoms with Crippen LogP contribution in [0.2, 0.25) is 0 Å². The van der Waals surface area contributed by atoms with Crippen molar-refractivity contribution in [1.29, 1.82) is 0 Å². The maximum Gasteiger partial charge on any atom is 0.224 e. The zero-order chi connectivity index (χ0) is 16.9. The number of ether oxygens (including phenoxy) is 1. The summed E-state index contributed by atoms with van der Waals surface area (Å²) in [6.45, 7) is 6.66. The average Bonchev–Trinajstić information content (AvgIpc) is 2.53. The van der Waals surface area contributed by atoms with Crippen molar-refractivity contribution < 1.29 is 9.53 Å². The summed E-state index contributed by atoms with van der Waals surface area (Å²) in [5.41, 5.74) is 0.912. The summed E-state index contributed by atoms with van der Waals surface area (Å²) in [5.74, 6) is 0.702. The van der Waals surface area contributed by atoms with Gasteiger partial charge in [-0.05, 0) is 46.3 Å². The van der Waals surface area contributed by atoms with Crippen LogP contribution in [0.15, 0.2) is 22.9 Å². The van der Waals surface area contributed by atoms with Crippen molar-refractivity contribution in [3.8, 4) is 0 Å². The van der Waals surface area contributed by atoms with Gasteiger partial charge in [0.1, 0.15) is 0 Å². The third-order valence-corrected chi connectivity index (χ3v) is 4.24. The van der Waals surface area contributed by atoms with E-state index in [0.717, 1.165) is 23.1 Å². The molecule has 0 bridgehead atoms. The third-order valence-electron chi connectivity index (χ3n) is 3.81. The summed E-state index contributed by atoms with van der Waals surface area (Å²) in [6.07, 6.45) is 9.60. The number of nitrogens with zero attached hydrogens (tertiary/aromatic N) is 1. The van der Waals surface area contributed by atoms with Gasteiger partial charge in [0.25, 0.3) is 0 Å². The minimum absolute atomic E-state index is 0.0271. The number of unbranched alkanes of at least 4 members (excludes halogenated alkanes) is 1. The molecule has 0 radical (unpaired) electrons. The third kappa shape index (κ3) is 9.72. The van der Waals surface area contributed by atoms with Crippen LogP contribution >= 0.6 is 15.9 Å². The second-order valence-electron chi connectivity index (χ2n) is 5.88. The summed E-state index contributed by atoms with van der Waals surface area (Å²) in [4.78, 5) is 15.9. The van der Waals surface area contributed by atoms with Gasteiger partial charge in [0.05, 0.1) is 6.42 Å². The maximum atomic E-state index is 11.8. The SMILES string of the molecule is CCCCC(CC)COCCCNC(=O)Cc1cncc(Br)c1. The Morgan fingerprint density at radius 2 is 2.17 bits per heavy atom. The molecule has 0 saturated heterocycles. The number of carbonyl (C=O) groups excluding carboxylic acids is 1. The van der Waals surface area contributed by atoms with Gasteiger partial charge in [-0.15, -0.1) is 0 Å². The lowest BCUT2D eigenvalue weighted by Gasteiger charge is -2.14. The van der Waals surface area contributed by atoms with E-state index in [1.54, 1.807) is 12.4 Å². The van der Waals surface area contributed by atoms with Gasteiger partial charge in [0, 0.05) is 36.6 Å². The molecule has 0 aliphatic rings. The number of nitrogens with one attached hydrogen (secondary N) is 1. The summed E-state index contributed by atoms with van der Waals surface area (Å²) < 4.78 is 6.63. The molecule has 23 heavy (non-hydrogen) atoms. The lowest BCUT2D eigenvalue weighted by Crippen LogP contribution is -2.27. The quantitative estimate of drug-likeness (QED) is 0.551. The molecule has 5 heteroatoms. The number of amides is 1. The first-order valence-electron chi connectivity index (χ1n) is 8.59. The number of hydrogen-bond acceptors (Lipinski definition) is 3. The summed E-state index contributed by atoms with van der Waals surface area (Å²) in [5, 5.41) is 2.92. The molecule has 1 heterocycles. The first-order chi connectivity index (χ1) is 11.2. The minimum atomic E-state index is 0.0271. The molecule has 0 saturated carbocycles. The zero-order valence-electron chi connectivity index (χ0n) is 14.3. The van der Waals surface area contributed by atoms with E-state index in [4.69, 9.17) is 4.74 Å². The van der Waals surface area contributed by atoms with Gasteiger partial charge in [-0.1, -0.05) is 33.1 Å². The first-order valence-corrected chi connectivity index (χ1v) is 9.38. The molecule has 4 nitrogen and oxygen atoms in total. The molecule has 130 valence electrons. The van der Waals surface area contributed by atoms with Gasteiger partial charge in [-0.25, -0.2) is 0 Å². The summed E-state index contributed by atoms with van der Waals surface area (Å²) >= 11 is 3.36. The number of aromatic nitrogens is 1. The van der Waals surface area contributed by atoms with Gasteiger partial charge in [-0.2, -0.15) is 0 Å². The predicted octanol–water partition coefficient (Wildman–Crippen LogP) is 4.13. The van der Waals surface area contributed by atoms with Crippen molar-refractivity contribution in [3.63, 3.8) is 0 Å². The lowest BCUT2D eigenvalue weighted by atomic mass is 10.0. The normalized spacial score (nSPS) is 12.1. The Hall–Kier alpha value is -0.940. The molecule has 1 amide bonds. The molecule has 1 atom stereocenters. The highest BCUT2D eigenvalue weighted by atomic mass is 79.9. The van der Waals surface area contributed by atoms with Crippen LogP contribution in [0.4, 0.5) is 0 Å². The fourth-order valence-corrected chi connectivity index (χ4v) is 2.76. The molecule has 0 aliphatic carbocycles. The van der Waals surface area contributed by atoms with Crippen molar-refractivity contribution in [1.82, 2.24) is 10.3 Å². The average molecular weight is 385 g/mol. The van der Waals surface area contributed by atoms with Crippen molar-refractivity contribution in [3.05, 3.63) is 28.5 Å². The van der Waals surface area contributed by atoms with Crippen LogP contribution in [-0.4, -0.2) is 30.6 Å². The molecular formula is C18H29BrN2O2. The van der Waals surface area contributed by atoms with Gasteiger partial charge in [-0.3, -0.25) is 9.78 Å². The summed E-state index contributed by atoms with van der Waals surface area (Å²) in [7, 11) is 0. The predicted molar refractivity (Wildman–Crippen MR) is 97.4 cm³/mol.